The number of fused-ring (bicyclic) bond motifs is 1. The molecule has 1 unspecified atom stereocenters. The zero-order chi connectivity index (χ0) is 16.6. The quantitative estimate of drug-likeness (QED) is 0.906. The smallest absolute Gasteiger partial charge is 0.307 e. The zero-order valence-electron chi connectivity index (χ0n) is 12.7. The summed E-state index contributed by atoms with van der Waals surface area (Å²) in [7, 11) is -3.77. The minimum absolute atomic E-state index is 0.0112. The topological polar surface area (TPSA) is 91.8 Å². The number of hydrogen-bond donors (Lipinski definition) is 1. The maximum absolute atomic E-state index is 12.8. The van der Waals surface area contributed by atoms with E-state index in [-0.39, 0.29) is 17.2 Å². The number of nitrogens with zero attached hydrogens (tertiary/aromatic N) is 1. The first-order chi connectivity index (χ1) is 10.9. The summed E-state index contributed by atoms with van der Waals surface area (Å²) in [5.74, 6) is -1.66. The van der Waals surface area contributed by atoms with E-state index in [1.807, 2.05) is 0 Å². The van der Waals surface area contributed by atoms with E-state index < -0.39 is 21.9 Å². The van der Waals surface area contributed by atoms with Gasteiger partial charge >= 0.3 is 5.97 Å². The molecule has 1 saturated heterocycles. The highest BCUT2D eigenvalue weighted by Gasteiger charge is 2.34. The van der Waals surface area contributed by atoms with Gasteiger partial charge < -0.3 is 5.11 Å². The number of rotatable bonds is 3. The maximum Gasteiger partial charge on any atom is 0.307 e. The Bertz CT molecular complexity index is 756. The molecule has 1 aliphatic heterocycles. The average molecular weight is 337 g/mol. The molecule has 7 heteroatoms. The fourth-order valence-corrected chi connectivity index (χ4v) is 4.83. The Hall–Kier alpha value is -1.73. The van der Waals surface area contributed by atoms with E-state index in [9.17, 15) is 18.0 Å². The highest BCUT2D eigenvalue weighted by molar-refractivity contribution is 7.89. The highest BCUT2D eigenvalue weighted by Crippen LogP contribution is 2.28. The van der Waals surface area contributed by atoms with Crippen molar-refractivity contribution < 1.29 is 23.1 Å². The molecule has 2 aliphatic rings. The van der Waals surface area contributed by atoms with Gasteiger partial charge in [0.2, 0.25) is 10.0 Å². The van der Waals surface area contributed by atoms with E-state index in [0.717, 1.165) is 18.4 Å². The van der Waals surface area contributed by atoms with E-state index in [2.05, 4.69) is 0 Å². The van der Waals surface area contributed by atoms with Crippen LogP contribution in [0.15, 0.2) is 23.1 Å². The Balaban J connectivity index is 1.92. The number of carbonyl (C=O) groups is 2. The summed E-state index contributed by atoms with van der Waals surface area (Å²) in [5.41, 5.74) is 1.38. The molecule has 1 N–H and O–H groups in total. The zero-order valence-corrected chi connectivity index (χ0v) is 13.5. The number of hydrogen-bond acceptors (Lipinski definition) is 4. The van der Waals surface area contributed by atoms with Gasteiger partial charge in [-0.2, -0.15) is 4.31 Å². The van der Waals surface area contributed by atoms with Crippen molar-refractivity contribution >= 4 is 21.8 Å². The molecular formula is C16H19NO5S. The van der Waals surface area contributed by atoms with E-state index in [1.54, 1.807) is 6.07 Å². The van der Waals surface area contributed by atoms with Crippen LogP contribution in [0.1, 0.15) is 41.6 Å². The number of carboxylic acids is 1. The molecule has 1 aromatic rings. The van der Waals surface area contributed by atoms with Gasteiger partial charge in [0.1, 0.15) is 0 Å². The lowest BCUT2D eigenvalue weighted by Crippen LogP contribution is -2.42. The van der Waals surface area contributed by atoms with Gasteiger partial charge in [0.05, 0.1) is 10.8 Å². The van der Waals surface area contributed by atoms with Crippen molar-refractivity contribution in [1.82, 2.24) is 4.31 Å². The predicted octanol–water partition coefficient (Wildman–Crippen LogP) is 1.69. The van der Waals surface area contributed by atoms with Gasteiger partial charge in [0, 0.05) is 25.1 Å². The van der Waals surface area contributed by atoms with Crippen LogP contribution in [0.25, 0.3) is 0 Å². The standard InChI is InChI=1S/C16H19NO5S/c18-15-5-1-3-11-6-7-13(9-14(11)15)23(21,22)17-8-2-4-12(10-17)16(19)20/h6-7,9,12H,1-5,8,10H2,(H,19,20). The maximum atomic E-state index is 12.8. The third-order valence-corrected chi connectivity index (χ3v) is 6.46. The lowest BCUT2D eigenvalue weighted by Gasteiger charge is -2.30. The van der Waals surface area contributed by atoms with E-state index in [4.69, 9.17) is 5.11 Å². The Morgan fingerprint density at radius 1 is 1.22 bits per heavy atom. The summed E-state index contributed by atoms with van der Waals surface area (Å²) >= 11 is 0. The molecule has 23 heavy (non-hydrogen) atoms. The molecule has 3 rings (SSSR count). The summed E-state index contributed by atoms with van der Waals surface area (Å²) in [6.07, 6.45) is 3.04. The largest absolute Gasteiger partial charge is 0.481 e. The van der Waals surface area contributed by atoms with E-state index in [0.29, 0.717) is 31.4 Å². The number of carbonyl (C=O) groups excluding carboxylic acids is 1. The Morgan fingerprint density at radius 2 is 2.00 bits per heavy atom. The van der Waals surface area contributed by atoms with Gasteiger partial charge in [0.15, 0.2) is 5.78 Å². The summed E-state index contributed by atoms with van der Waals surface area (Å²) < 4.78 is 26.8. The number of carboxylic acid groups (broad SMARTS) is 1. The number of benzene rings is 1. The van der Waals surface area contributed by atoms with Crippen LogP contribution in [-0.2, 0) is 21.2 Å². The minimum Gasteiger partial charge on any atom is -0.481 e. The van der Waals surface area contributed by atoms with E-state index >= 15 is 0 Å². The molecule has 6 nitrogen and oxygen atoms in total. The first-order valence-electron chi connectivity index (χ1n) is 7.78. The van der Waals surface area contributed by atoms with Crippen LogP contribution < -0.4 is 0 Å². The van der Waals surface area contributed by atoms with Crippen molar-refractivity contribution in [3.8, 4) is 0 Å². The first-order valence-corrected chi connectivity index (χ1v) is 9.22. The molecule has 1 aromatic carbocycles. The molecule has 124 valence electrons. The minimum atomic E-state index is -3.77. The molecule has 0 saturated carbocycles. The monoisotopic (exact) mass is 337 g/mol. The average Bonchev–Trinajstić information content (AvgIpc) is 2.55. The number of ketones is 1. The number of aryl methyl sites for hydroxylation is 1. The Labute approximate surface area is 135 Å². The van der Waals surface area contributed by atoms with Gasteiger partial charge in [-0.05, 0) is 43.4 Å². The Morgan fingerprint density at radius 3 is 2.74 bits per heavy atom. The Kier molecular flexibility index (Phi) is 4.25. The van der Waals surface area contributed by atoms with Crippen LogP contribution in [0, 0.1) is 5.92 Å². The molecule has 0 amide bonds. The van der Waals surface area contributed by atoms with Gasteiger partial charge in [-0.3, -0.25) is 9.59 Å². The van der Waals surface area contributed by atoms with Gasteiger partial charge in [-0.25, -0.2) is 8.42 Å². The highest BCUT2D eigenvalue weighted by atomic mass is 32.2. The summed E-state index contributed by atoms with van der Waals surface area (Å²) in [5, 5.41) is 9.12. The molecule has 1 fully saturated rings. The SMILES string of the molecule is O=C1CCCc2ccc(S(=O)(=O)N3CCCC(C(=O)O)C3)cc21. The van der Waals surface area contributed by atoms with E-state index in [1.165, 1.54) is 16.4 Å². The normalized spacial score (nSPS) is 22.6. The predicted molar refractivity (Wildman–Crippen MR) is 82.8 cm³/mol. The van der Waals surface area contributed by atoms with Gasteiger partial charge in [-0.15, -0.1) is 0 Å². The van der Waals surface area contributed by atoms with Crippen LogP contribution in [0.3, 0.4) is 0 Å². The van der Waals surface area contributed by atoms with Crippen LogP contribution >= 0.6 is 0 Å². The van der Waals surface area contributed by atoms with Crippen molar-refractivity contribution in [2.45, 2.75) is 37.0 Å². The first kappa shape index (κ1) is 16.1. The molecular weight excluding hydrogens is 318 g/mol. The lowest BCUT2D eigenvalue weighted by molar-refractivity contribution is -0.142. The second-order valence-corrected chi connectivity index (χ2v) is 8.07. The molecule has 1 atom stereocenters. The molecule has 1 aliphatic carbocycles. The lowest BCUT2D eigenvalue weighted by atomic mass is 9.91. The fourth-order valence-electron chi connectivity index (χ4n) is 3.28. The number of aliphatic carboxylic acids is 1. The molecule has 1 heterocycles. The fraction of sp³-hybridized carbons (Fsp3) is 0.500. The number of piperidine rings is 1. The summed E-state index contributed by atoms with van der Waals surface area (Å²) in [6, 6.07) is 4.69. The molecule has 0 aromatic heterocycles. The number of sulfonamides is 1. The molecule has 0 radical (unpaired) electrons. The molecule has 0 bridgehead atoms. The van der Waals surface area contributed by atoms with Gasteiger partial charge in [0.25, 0.3) is 0 Å². The van der Waals surface area contributed by atoms with Crippen LogP contribution in [0.4, 0.5) is 0 Å². The number of Topliss-reactive ketones (excluding diaryl/α,β-unsaturated/α-hetero) is 1. The van der Waals surface area contributed by atoms with Crippen molar-refractivity contribution in [1.29, 1.82) is 0 Å². The van der Waals surface area contributed by atoms with Gasteiger partial charge in [-0.1, -0.05) is 6.07 Å². The van der Waals surface area contributed by atoms with Crippen molar-refractivity contribution in [3.63, 3.8) is 0 Å². The second-order valence-electron chi connectivity index (χ2n) is 6.14. The third kappa shape index (κ3) is 3.03. The van der Waals surface area contributed by atoms with Crippen molar-refractivity contribution in [3.05, 3.63) is 29.3 Å². The van der Waals surface area contributed by atoms with Crippen molar-refractivity contribution in [2.75, 3.05) is 13.1 Å². The summed E-state index contributed by atoms with van der Waals surface area (Å²) in [6.45, 7) is 0.305. The van der Waals surface area contributed by atoms with Crippen LogP contribution in [-0.4, -0.2) is 42.7 Å². The second kappa shape index (κ2) is 6.05. The van der Waals surface area contributed by atoms with Crippen LogP contribution in [0.5, 0.6) is 0 Å². The van der Waals surface area contributed by atoms with Crippen molar-refractivity contribution in [2.24, 2.45) is 5.92 Å². The molecule has 0 spiro atoms. The van der Waals surface area contributed by atoms with Crippen LogP contribution in [0.2, 0.25) is 0 Å². The third-order valence-electron chi connectivity index (χ3n) is 4.60. The summed E-state index contributed by atoms with van der Waals surface area (Å²) in [4.78, 5) is 23.2.